The van der Waals surface area contributed by atoms with Crippen LogP contribution >= 0.6 is 11.8 Å². The molecule has 0 saturated heterocycles. The summed E-state index contributed by atoms with van der Waals surface area (Å²) in [4.78, 5) is 11.3. The van der Waals surface area contributed by atoms with E-state index < -0.39 is 5.97 Å². The fourth-order valence-electron chi connectivity index (χ4n) is 1.89. The van der Waals surface area contributed by atoms with Crippen LogP contribution in [-0.4, -0.2) is 27.1 Å². The SMILES string of the molecule is CSc1nn(-c2cc(C)ccc2C)c(N)c1C(=O)O. The molecule has 1 heterocycles. The van der Waals surface area contributed by atoms with Crippen molar-refractivity contribution in [3.8, 4) is 5.69 Å². The number of hydrogen-bond donors (Lipinski definition) is 2. The van der Waals surface area contributed by atoms with Crippen molar-refractivity contribution < 1.29 is 9.90 Å². The molecule has 2 aromatic rings. The molecule has 5 nitrogen and oxygen atoms in total. The number of thioether (sulfide) groups is 1. The van der Waals surface area contributed by atoms with Crippen LogP contribution in [0.1, 0.15) is 21.5 Å². The zero-order valence-corrected chi connectivity index (χ0v) is 11.8. The van der Waals surface area contributed by atoms with E-state index in [2.05, 4.69) is 5.10 Å². The van der Waals surface area contributed by atoms with Gasteiger partial charge in [-0.05, 0) is 37.3 Å². The molecule has 1 aromatic heterocycles. The fraction of sp³-hybridized carbons (Fsp3) is 0.231. The average Bonchev–Trinajstić information content (AvgIpc) is 2.69. The molecule has 0 atom stereocenters. The Bertz CT molecular complexity index is 650. The van der Waals surface area contributed by atoms with E-state index in [0.29, 0.717) is 5.03 Å². The molecule has 0 aliphatic heterocycles. The number of nitrogens with zero attached hydrogens (tertiary/aromatic N) is 2. The van der Waals surface area contributed by atoms with E-state index in [1.807, 2.05) is 32.0 Å². The van der Waals surface area contributed by atoms with Gasteiger partial charge in [0.05, 0.1) is 5.69 Å². The zero-order valence-electron chi connectivity index (χ0n) is 11.0. The first-order chi connectivity index (χ1) is 8.95. The van der Waals surface area contributed by atoms with Crippen LogP contribution in [0.3, 0.4) is 0 Å². The molecular weight excluding hydrogens is 262 g/mol. The van der Waals surface area contributed by atoms with Crippen molar-refractivity contribution in [2.45, 2.75) is 18.9 Å². The van der Waals surface area contributed by atoms with Crippen molar-refractivity contribution >= 4 is 23.5 Å². The lowest BCUT2D eigenvalue weighted by atomic mass is 10.1. The molecule has 0 bridgehead atoms. The molecule has 0 aliphatic rings. The lowest BCUT2D eigenvalue weighted by Gasteiger charge is -2.08. The van der Waals surface area contributed by atoms with E-state index in [1.165, 1.54) is 16.4 Å². The van der Waals surface area contributed by atoms with Gasteiger partial charge in [-0.3, -0.25) is 0 Å². The minimum Gasteiger partial charge on any atom is -0.477 e. The first-order valence-electron chi connectivity index (χ1n) is 5.69. The average molecular weight is 277 g/mol. The van der Waals surface area contributed by atoms with Crippen molar-refractivity contribution in [3.05, 3.63) is 34.9 Å². The first kappa shape index (κ1) is 13.5. The highest BCUT2D eigenvalue weighted by Gasteiger charge is 2.22. The van der Waals surface area contributed by atoms with E-state index in [-0.39, 0.29) is 11.4 Å². The van der Waals surface area contributed by atoms with Crippen LogP contribution in [0.15, 0.2) is 23.2 Å². The molecule has 1 aromatic carbocycles. The van der Waals surface area contributed by atoms with E-state index in [1.54, 1.807) is 6.26 Å². The molecule has 0 aliphatic carbocycles. The summed E-state index contributed by atoms with van der Waals surface area (Å²) in [5.74, 6) is -0.899. The summed E-state index contributed by atoms with van der Waals surface area (Å²) < 4.78 is 1.50. The van der Waals surface area contributed by atoms with Gasteiger partial charge < -0.3 is 10.8 Å². The summed E-state index contributed by atoms with van der Waals surface area (Å²) >= 11 is 1.27. The first-order valence-corrected chi connectivity index (χ1v) is 6.91. The summed E-state index contributed by atoms with van der Waals surface area (Å²) in [6.45, 7) is 3.91. The van der Waals surface area contributed by atoms with Crippen LogP contribution < -0.4 is 5.73 Å². The topological polar surface area (TPSA) is 81.1 Å². The smallest absolute Gasteiger partial charge is 0.342 e. The molecule has 0 radical (unpaired) electrons. The lowest BCUT2D eigenvalue weighted by Crippen LogP contribution is -2.07. The number of carbonyl (C=O) groups is 1. The van der Waals surface area contributed by atoms with Crippen molar-refractivity contribution in [2.24, 2.45) is 0 Å². The third-order valence-electron chi connectivity index (χ3n) is 2.89. The molecule has 0 amide bonds. The summed E-state index contributed by atoms with van der Waals surface area (Å²) in [7, 11) is 0. The molecule has 19 heavy (non-hydrogen) atoms. The Labute approximate surface area is 115 Å². The summed E-state index contributed by atoms with van der Waals surface area (Å²) in [5.41, 5.74) is 8.86. The molecular formula is C13H15N3O2S. The Morgan fingerprint density at radius 2 is 2.11 bits per heavy atom. The van der Waals surface area contributed by atoms with Crippen LogP contribution in [0, 0.1) is 13.8 Å². The van der Waals surface area contributed by atoms with Gasteiger partial charge in [0, 0.05) is 0 Å². The number of nitrogen functional groups attached to an aromatic ring is 1. The molecule has 0 unspecified atom stereocenters. The number of rotatable bonds is 3. The van der Waals surface area contributed by atoms with Crippen molar-refractivity contribution in [2.75, 3.05) is 12.0 Å². The number of aromatic carboxylic acids is 1. The highest BCUT2D eigenvalue weighted by molar-refractivity contribution is 7.98. The van der Waals surface area contributed by atoms with Gasteiger partial charge >= 0.3 is 5.97 Å². The number of aromatic nitrogens is 2. The quantitative estimate of drug-likeness (QED) is 0.842. The maximum Gasteiger partial charge on any atom is 0.342 e. The molecule has 2 rings (SSSR count). The Hall–Kier alpha value is -1.95. The van der Waals surface area contributed by atoms with E-state index in [9.17, 15) is 9.90 Å². The van der Waals surface area contributed by atoms with Gasteiger partial charge in [0.2, 0.25) is 0 Å². The second-order valence-corrected chi connectivity index (χ2v) is 5.07. The molecule has 0 saturated carbocycles. The second kappa shape index (κ2) is 4.97. The van der Waals surface area contributed by atoms with Crippen molar-refractivity contribution in [1.29, 1.82) is 0 Å². The normalized spacial score (nSPS) is 10.7. The Balaban J connectivity index is 2.70. The number of anilines is 1. The third-order valence-corrected chi connectivity index (χ3v) is 3.56. The van der Waals surface area contributed by atoms with Gasteiger partial charge in [0.15, 0.2) is 0 Å². The number of aryl methyl sites for hydroxylation is 2. The van der Waals surface area contributed by atoms with Gasteiger partial charge in [-0.1, -0.05) is 12.1 Å². The maximum atomic E-state index is 11.3. The monoisotopic (exact) mass is 277 g/mol. The molecule has 6 heteroatoms. The van der Waals surface area contributed by atoms with Crippen LogP contribution in [0.25, 0.3) is 5.69 Å². The molecule has 100 valence electrons. The number of carboxylic acids is 1. The zero-order chi connectivity index (χ0) is 14.2. The van der Waals surface area contributed by atoms with Gasteiger partial charge in [-0.25, -0.2) is 9.48 Å². The molecule has 0 fully saturated rings. The van der Waals surface area contributed by atoms with Gasteiger partial charge in [-0.2, -0.15) is 5.10 Å². The highest BCUT2D eigenvalue weighted by atomic mass is 32.2. The Kier molecular flexibility index (Phi) is 3.53. The number of benzene rings is 1. The number of hydrogen-bond acceptors (Lipinski definition) is 4. The van der Waals surface area contributed by atoms with Gasteiger partial charge in [-0.15, -0.1) is 11.8 Å². The molecule has 3 N–H and O–H groups in total. The van der Waals surface area contributed by atoms with Crippen molar-refractivity contribution in [1.82, 2.24) is 9.78 Å². The minimum atomic E-state index is -1.06. The van der Waals surface area contributed by atoms with Crippen LogP contribution in [0.4, 0.5) is 5.82 Å². The van der Waals surface area contributed by atoms with Crippen LogP contribution in [0.5, 0.6) is 0 Å². The van der Waals surface area contributed by atoms with Crippen molar-refractivity contribution in [3.63, 3.8) is 0 Å². The Morgan fingerprint density at radius 1 is 1.42 bits per heavy atom. The van der Waals surface area contributed by atoms with E-state index in [4.69, 9.17) is 5.73 Å². The summed E-state index contributed by atoms with van der Waals surface area (Å²) in [6, 6.07) is 5.89. The van der Waals surface area contributed by atoms with Crippen LogP contribution in [0.2, 0.25) is 0 Å². The second-order valence-electron chi connectivity index (χ2n) is 4.28. The maximum absolute atomic E-state index is 11.3. The van der Waals surface area contributed by atoms with Gasteiger partial charge in [0.1, 0.15) is 16.4 Å². The predicted octanol–water partition coefficient (Wildman–Crippen LogP) is 2.49. The van der Waals surface area contributed by atoms with Crippen LogP contribution in [-0.2, 0) is 0 Å². The summed E-state index contributed by atoms with van der Waals surface area (Å²) in [5, 5.41) is 13.9. The minimum absolute atomic E-state index is 0.0633. The van der Waals surface area contributed by atoms with E-state index >= 15 is 0 Å². The Morgan fingerprint density at radius 3 is 2.63 bits per heavy atom. The third kappa shape index (κ3) is 2.31. The fourth-order valence-corrected chi connectivity index (χ4v) is 2.44. The number of nitrogens with two attached hydrogens (primary N) is 1. The predicted molar refractivity (Wildman–Crippen MR) is 76.2 cm³/mol. The molecule has 0 spiro atoms. The lowest BCUT2D eigenvalue weighted by molar-refractivity contribution is 0.0694. The number of carboxylic acid groups (broad SMARTS) is 1. The standard InChI is InChI=1S/C13H15N3O2S/c1-7-4-5-8(2)9(6-7)16-11(14)10(13(17)18)12(15-16)19-3/h4-6H,14H2,1-3H3,(H,17,18). The summed E-state index contributed by atoms with van der Waals surface area (Å²) in [6.07, 6.45) is 1.78. The largest absolute Gasteiger partial charge is 0.477 e. The van der Waals surface area contributed by atoms with Gasteiger partial charge in [0.25, 0.3) is 0 Å². The van der Waals surface area contributed by atoms with E-state index in [0.717, 1.165) is 16.8 Å². The highest BCUT2D eigenvalue weighted by Crippen LogP contribution is 2.28.